The molecule has 3 N–H and O–H groups in total. The monoisotopic (exact) mass is 327 g/mol. The van der Waals surface area contributed by atoms with E-state index in [9.17, 15) is 4.79 Å². The summed E-state index contributed by atoms with van der Waals surface area (Å²) in [7, 11) is 0. The Bertz CT molecular complexity index is 411. The fourth-order valence-electron chi connectivity index (χ4n) is 2.10. The van der Waals surface area contributed by atoms with E-state index in [0.29, 0.717) is 19.6 Å². The standard InChI is InChI=1S/C14H22BrN3O/c1-3-17-14(19)10-18(4-2)13(9-16)11-7-5-6-8-12(11)15/h5-8,13H,3-4,9-10,16H2,1-2H3,(H,17,19). The maximum absolute atomic E-state index is 11.7. The van der Waals surface area contributed by atoms with Gasteiger partial charge in [0.15, 0.2) is 0 Å². The number of hydrogen-bond donors (Lipinski definition) is 2. The lowest BCUT2D eigenvalue weighted by atomic mass is 10.1. The molecule has 1 rings (SSSR count). The molecule has 0 saturated heterocycles. The lowest BCUT2D eigenvalue weighted by molar-refractivity contribution is -0.122. The number of nitrogens with one attached hydrogen (secondary N) is 1. The molecule has 0 aromatic heterocycles. The summed E-state index contributed by atoms with van der Waals surface area (Å²) in [6, 6.07) is 8.05. The summed E-state index contributed by atoms with van der Waals surface area (Å²) >= 11 is 3.55. The van der Waals surface area contributed by atoms with Crippen molar-refractivity contribution >= 4 is 21.8 Å². The van der Waals surface area contributed by atoms with Crippen LogP contribution in [0.3, 0.4) is 0 Å². The van der Waals surface area contributed by atoms with Gasteiger partial charge in [0.1, 0.15) is 0 Å². The maximum atomic E-state index is 11.7. The smallest absolute Gasteiger partial charge is 0.234 e. The van der Waals surface area contributed by atoms with Crippen LogP contribution in [-0.4, -0.2) is 37.0 Å². The van der Waals surface area contributed by atoms with Crippen molar-refractivity contribution in [3.63, 3.8) is 0 Å². The molecule has 19 heavy (non-hydrogen) atoms. The van der Waals surface area contributed by atoms with Gasteiger partial charge in [-0.15, -0.1) is 0 Å². The first-order valence-electron chi connectivity index (χ1n) is 6.59. The second-order valence-electron chi connectivity index (χ2n) is 4.29. The molecule has 0 radical (unpaired) electrons. The van der Waals surface area contributed by atoms with Crippen LogP contribution in [-0.2, 0) is 4.79 Å². The fraction of sp³-hybridized carbons (Fsp3) is 0.500. The minimum Gasteiger partial charge on any atom is -0.355 e. The lowest BCUT2D eigenvalue weighted by Crippen LogP contribution is -2.41. The SMILES string of the molecule is CCNC(=O)CN(CC)C(CN)c1ccccc1Br. The minimum atomic E-state index is 0.0369. The number of rotatable bonds is 7. The molecule has 5 heteroatoms. The Hall–Kier alpha value is -0.910. The highest BCUT2D eigenvalue weighted by Gasteiger charge is 2.21. The van der Waals surface area contributed by atoms with Crippen molar-refractivity contribution in [2.45, 2.75) is 19.9 Å². The molecule has 1 aromatic rings. The summed E-state index contributed by atoms with van der Waals surface area (Å²) in [5.41, 5.74) is 7.03. The Morgan fingerprint density at radius 1 is 1.42 bits per heavy atom. The number of likely N-dealkylation sites (N-methyl/N-ethyl adjacent to an activating group) is 2. The van der Waals surface area contributed by atoms with Gasteiger partial charge in [-0.2, -0.15) is 0 Å². The van der Waals surface area contributed by atoms with Gasteiger partial charge in [-0.3, -0.25) is 9.69 Å². The van der Waals surface area contributed by atoms with Crippen LogP contribution in [0.5, 0.6) is 0 Å². The molecule has 0 bridgehead atoms. The van der Waals surface area contributed by atoms with Gasteiger partial charge < -0.3 is 11.1 Å². The van der Waals surface area contributed by atoms with E-state index in [0.717, 1.165) is 16.6 Å². The van der Waals surface area contributed by atoms with Crippen LogP contribution in [0.15, 0.2) is 28.7 Å². The van der Waals surface area contributed by atoms with Gasteiger partial charge >= 0.3 is 0 Å². The molecule has 0 aliphatic rings. The van der Waals surface area contributed by atoms with E-state index in [-0.39, 0.29) is 11.9 Å². The third-order valence-corrected chi connectivity index (χ3v) is 3.78. The van der Waals surface area contributed by atoms with Crippen molar-refractivity contribution in [2.24, 2.45) is 5.73 Å². The molecule has 0 saturated carbocycles. The first-order chi connectivity index (χ1) is 9.13. The molecule has 0 aliphatic carbocycles. The molecular formula is C14H22BrN3O. The third-order valence-electron chi connectivity index (χ3n) is 3.06. The fourth-order valence-corrected chi connectivity index (χ4v) is 2.65. The average Bonchev–Trinajstić information content (AvgIpc) is 2.40. The molecule has 1 amide bonds. The van der Waals surface area contributed by atoms with Crippen LogP contribution >= 0.6 is 15.9 Å². The van der Waals surface area contributed by atoms with Crippen molar-refractivity contribution in [1.29, 1.82) is 0 Å². The highest BCUT2D eigenvalue weighted by Crippen LogP contribution is 2.26. The van der Waals surface area contributed by atoms with E-state index >= 15 is 0 Å². The van der Waals surface area contributed by atoms with Gasteiger partial charge in [-0.05, 0) is 25.1 Å². The van der Waals surface area contributed by atoms with Crippen molar-refractivity contribution < 1.29 is 4.79 Å². The summed E-state index contributed by atoms with van der Waals surface area (Å²) in [5.74, 6) is 0.0369. The Morgan fingerprint density at radius 3 is 2.63 bits per heavy atom. The summed E-state index contributed by atoms with van der Waals surface area (Å²) in [6.45, 7) is 6.24. The summed E-state index contributed by atoms with van der Waals surface area (Å²) < 4.78 is 1.03. The van der Waals surface area contributed by atoms with Crippen LogP contribution in [0.1, 0.15) is 25.5 Å². The van der Waals surface area contributed by atoms with E-state index in [4.69, 9.17) is 5.73 Å². The first-order valence-corrected chi connectivity index (χ1v) is 7.38. The van der Waals surface area contributed by atoms with Gasteiger partial charge in [0, 0.05) is 23.6 Å². The normalized spacial score (nSPS) is 12.5. The van der Waals surface area contributed by atoms with Crippen LogP contribution in [0.25, 0.3) is 0 Å². The van der Waals surface area contributed by atoms with Crippen molar-refractivity contribution in [3.05, 3.63) is 34.3 Å². The second-order valence-corrected chi connectivity index (χ2v) is 5.14. The number of carbonyl (C=O) groups is 1. The van der Waals surface area contributed by atoms with Crippen molar-refractivity contribution in [2.75, 3.05) is 26.2 Å². The van der Waals surface area contributed by atoms with E-state index in [1.165, 1.54) is 0 Å². The van der Waals surface area contributed by atoms with Gasteiger partial charge in [-0.1, -0.05) is 41.1 Å². The lowest BCUT2D eigenvalue weighted by Gasteiger charge is -2.30. The predicted octanol–water partition coefficient (Wildman–Crippen LogP) is 1.91. The van der Waals surface area contributed by atoms with Crippen molar-refractivity contribution in [3.8, 4) is 0 Å². The number of halogens is 1. The van der Waals surface area contributed by atoms with Gasteiger partial charge in [0.25, 0.3) is 0 Å². The van der Waals surface area contributed by atoms with E-state index in [2.05, 4.69) is 26.1 Å². The molecule has 0 aliphatic heterocycles. The Balaban J connectivity index is 2.87. The number of nitrogens with two attached hydrogens (primary N) is 1. The quantitative estimate of drug-likeness (QED) is 0.804. The summed E-state index contributed by atoms with van der Waals surface area (Å²) in [5, 5.41) is 2.82. The predicted molar refractivity (Wildman–Crippen MR) is 81.9 cm³/mol. The van der Waals surface area contributed by atoms with Gasteiger partial charge in [-0.25, -0.2) is 0 Å². The Morgan fingerprint density at radius 2 is 2.11 bits per heavy atom. The van der Waals surface area contributed by atoms with E-state index < -0.39 is 0 Å². The zero-order valence-corrected chi connectivity index (χ0v) is 13.1. The molecule has 106 valence electrons. The number of carbonyl (C=O) groups excluding carboxylic acids is 1. The number of hydrogen-bond acceptors (Lipinski definition) is 3. The number of nitrogens with zero attached hydrogens (tertiary/aromatic N) is 1. The van der Waals surface area contributed by atoms with Crippen LogP contribution < -0.4 is 11.1 Å². The first kappa shape index (κ1) is 16.1. The molecule has 0 heterocycles. The molecule has 4 nitrogen and oxygen atoms in total. The zero-order valence-electron chi connectivity index (χ0n) is 11.5. The molecule has 1 atom stereocenters. The number of amides is 1. The highest BCUT2D eigenvalue weighted by molar-refractivity contribution is 9.10. The van der Waals surface area contributed by atoms with E-state index in [1.807, 2.05) is 38.1 Å². The molecule has 1 aromatic carbocycles. The van der Waals surface area contributed by atoms with Crippen LogP contribution in [0.2, 0.25) is 0 Å². The largest absolute Gasteiger partial charge is 0.355 e. The summed E-state index contributed by atoms with van der Waals surface area (Å²) in [6.07, 6.45) is 0. The minimum absolute atomic E-state index is 0.0369. The van der Waals surface area contributed by atoms with E-state index in [1.54, 1.807) is 0 Å². The third kappa shape index (κ3) is 4.60. The van der Waals surface area contributed by atoms with Crippen molar-refractivity contribution in [1.82, 2.24) is 10.2 Å². The molecule has 1 unspecified atom stereocenters. The molecule has 0 spiro atoms. The zero-order chi connectivity index (χ0) is 14.3. The van der Waals surface area contributed by atoms with Crippen LogP contribution in [0, 0.1) is 0 Å². The molecule has 0 fully saturated rings. The Labute approximate surface area is 123 Å². The average molecular weight is 328 g/mol. The van der Waals surface area contributed by atoms with Gasteiger partial charge in [0.2, 0.25) is 5.91 Å². The summed E-state index contributed by atoms with van der Waals surface area (Å²) in [4.78, 5) is 13.8. The topological polar surface area (TPSA) is 58.4 Å². The van der Waals surface area contributed by atoms with Crippen LogP contribution in [0.4, 0.5) is 0 Å². The second kappa shape index (κ2) is 8.30. The maximum Gasteiger partial charge on any atom is 0.234 e. The Kier molecular flexibility index (Phi) is 7.05. The van der Waals surface area contributed by atoms with Gasteiger partial charge in [0.05, 0.1) is 6.54 Å². The number of benzene rings is 1. The highest BCUT2D eigenvalue weighted by atomic mass is 79.9. The molecular weight excluding hydrogens is 306 g/mol.